The molecule has 3 nitrogen and oxygen atoms in total. The van der Waals surface area contributed by atoms with Crippen molar-refractivity contribution in [3.05, 3.63) is 0 Å². The second-order valence-electron chi connectivity index (χ2n) is 4.95. The van der Waals surface area contributed by atoms with Gasteiger partial charge in [-0.15, -0.1) is 0 Å². The van der Waals surface area contributed by atoms with E-state index in [2.05, 4.69) is 11.8 Å². The van der Waals surface area contributed by atoms with E-state index in [4.69, 9.17) is 5.11 Å². The number of rotatable bonds is 7. The monoisotopic (exact) mass is 227 g/mol. The molecule has 3 heteroatoms. The molecule has 94 valence electrons. The van der Waals surface area contributed by atoms with Crippen LogP contribution < -0.4 is 0 Å². The second-order valence-corrected chi connectivity index (χ2v) is 4.95. The van der Waals surface area contributed by atoms with Gasteiger partial charge in [-0.3, -0.25) is 4.79 Å². The molecule has 0 spiro atoms. The summed E-state index contributed by atoms with van der Waals surface area (Å²) in [5, 5.41) is 8.71. The van der Waals surface area contributed by atoms with Crippen LogP contribution in [0.4, 0.5) is 0 Å². The highest BCUT2D eigenvalue weighted by Gasteiger charge is 2.17. The lowest BCUT2D eigenvalue weighted by Gasteiger charge is -2.29. The lowest BCUT2D eigenvalue weighted by atomic mass is 9.89. The van der Waals surface area contributed by atoms with Gasteiger partial charge in [-0.05, 0) is 31.7 Å². The van der Waals surface area contributed by atoms with Crippen LogP contribution in [0.1, 0.15) is 51.9 Å². The van der Waals surface area contributed by atoms with Crippen molar-refractivity contribution in [2.24, 2.45) is 5.92 Å². The molecule has 16 heavy (non-hydrogen) atoms. The molecular formula is C13H25NO2. The Morgan fingerprint density at radius 1 is 1.25 bits per heavy atom. The van der Waals surface area contributed by atoms with Crippen molar-refractivity contribution in [3.63, 3.8) is 0 Å². The molecule has 0 radical (unpaired) electrons. The van der Waals surface area contributed by atoms with Crippen LogP contribution in [0.25, 0.3) is 0 Å². The molecule has 0 aromatic heterocycles. The van der Waals surface area contributed by atoms with Crippen molar-refractivity contribution in [1.29, 1.82) is 0 Å². The summed E-state index contributed by atoms with van der Waals surface area (Å²) in [6.45, 7) is 5.04. The highest BCUT2D eigenvalue weighted by molar-refractivity contribution is 5.66. The largest absolute Gasteiger partial charge is 0.481 e. The molecule has 1 N–H and O–H groups in total. The Hall–Kier alpha value is -0.570. The van der Waals surface area contributed by atoms with E-state index >= 15 is 0 Å². The van der Waals surface area contributed by atoms with E-state index in [-0.39, 0.29) is 6.42 Å². The summed E-state index contributed by atoms with van der Waals surface area (Å²) in [6, 6.07) is 0. The number of aliphatic carboxylic acids is 1. The van der Waals surface area contributed by atoms with Crippen molar-refractivity contribution in [3.8, 4) is 0 Å². The van der Waals surface area contributed by atoms with Crippen molar-refractivity contribution >= 4 is 5.97 Å². The van der Waals surface area contributed by atoms with Gasteiger partial charge in [0.1, 0.15) is 0 Å². The molecular weight excluding hydrogens is 202 g/mol. The minimum absolute atomic E-state index is 0.284. The lowest BCUT2D eigenvalue weighted by Crippen LogP contribution is -2.33. The summed E-state index contributed by atoms with van der Waals surface area (Å²) in [6.07, 6.45) is 8.20. The molecule has 0 amide bonds. The number of nitrogens with zero attached hydrogens (tertiary/aromatic N) is 1. The first kappa shape index (κ1) is 13.5. The van der Waals surface area contributed by atoms with Gasteiger partial charge >= 0.3 is 5.97 Å². The zero-order valence-corrected chi connectivity index (χ0v) is 10.5. The van der Waals surface area contributed by atoms with Gasteiger partial charge in [0.2, 0.25) is 0 Å². The van der Waals surface area contributed by atoms with Gasteiger partial charge in [0.25, 0.3) is 0 Å². The molecule has 1 saturated carbocycles. The van der Waals surface area contributed by atoms with Gasteiger partial charge in [-0.25, -0.2) is 0 Å². The van der Waals surface area contributed by atoms with E-state index in [1.165, 1.54) is 32.1 Å². The minimum Gasteiger partial charge on any atom is -0.481 e. The topological polar surface area (TPSA) is 40.5 Å². The standard InChI is InChI=1S/C13H25NO2/c1-2-9-14(10-8-13(15)16)11-12-6-4-3-5-7-12/h12H,2-11H2,1H3,(H,15,16). The highest BCUT2D eigenvalue weighted by Crippen LogP contribution is 2.24. The number of hydrogen-bond donors (Lipinski definition) is 1. The van der Waals surface area contributed by atoms with Crippen LogP contribution in [-0.2, 0) is 4.79 Å². The molecule has 0 heterocycles. The Labute approximate surface area is 98.8 Å². The Kier molecular flexibility index (Phi) is 6.46. The van der Waals surface area contributed by atoms with Crippen molar-refractivity contribution in [2.45, 2.75) is 51.9 Å². The van der Waals surface area contributed by atoms with Gasteiger partial charge in [-0.1, -0.05) is 26.2 Å². The summed E-state index contributed by atoms with van der Waals surface area (Å²) in [5.41, 5.74) is 0. The van der Waals surface area contributed by atoms with Crippen LogP contribution in [-0.4, -0.2) is 35.6 Å². The number of carboxylic acid groups (broad SMARTS) is 1. The van der Waals surface area contributed by atoms with Gasteiger partial charge < -0.3 is 10.0 Å². The number of hydrogen-bond acceptors (Lipinski definition) is 2. The Morgan fingerprint density at radius 3 is 2.50 bits per heavy atom. The molecule has 0 aliphatic heterocycles. The molecule has 1 aliphatic carbocycles. The second kappa shape index (κ2) is 7.66. The molecule has 1 fully saturated rings. The average molecular weight is 227 g/mol. The molecule has 0 atom stereocenters. The third-order valence-corrected chi connectivity index (χ3v) is 3.42. The maximum Gasteiger partial charge on any atom is 0.304 e. The third-order valence-electron chi connectivity index (χ3n) is 3.42. The summed E-state index contributed by atoms with van der Waals surface area (Å²) < 4.78 is 0. The van der Waals surface area contributed by atoms with Crippen LogP contribution >= 0.6 is 0 Å². The van der Waals surface area contributed by atoms with Crippen LogP contribution in [0.2, 0.25) is 0 Å². The van der Waals surface area contributed by atoms with Gasteiger partial charge in [0, 0.05) is 13.1 Å². The summed E-state index contributed by atoms with van der Waals surface area (Å²) in [4.78, 5) is 12.9. The molecule has 0 saturated heterocycles. The lowest BCUT2D eigenvalue weighted by molar-refractivity contribution is -0.137. The normalized spacial score (nSPS) is 17.9. The zero-order chi connectivity index (χ0) is 11.8. The first-order chi connectivity index (χ1) is 7.72. The van der Waals surface area contributed by atoms with Gasteiger partial charge in [-0.2, -0.15) is 0 Å². The van der Waals surface area contributed by atoms with Gasteiger partial charge in [0.05, 0.1) is 6.42 Å². The fourth-order valence-electron chi connectivity index (χ4n) is 2.60. The Morgan fingerprint density at radius 2 is 1.94 bits per heavy atom. The molecule has 1 rings (SSSR count). The predicted molar refractivity (Wildman–Crippen MR) is 65.6 cm³/mol. The summed E-state index contributed by atoms with van der Waals surface area (Å²) in [5.74, 6) is 0.138. The smallest absolute Gasteiger partial charge is 0.304 e. The quantitative estimate of drug-likeness (QED) is 0.727. The number of carboxylic acids is 1. The van der Waals surface area contributed by atoms with E-state index in [1.54, 1.807) is 0 Å². The van der Waals surface area contributed by atoms with Crippen LogP contribution in [0.5, 0.6) is 0 Å². The van der Waals surface area contributed by atoms with Crippen molar-refractivity contribution in [2.75, 3.05) is 19.6 Å². The van der Waals surface area contributed by atoms with E-state index in [9.17, 15) is 4.79 Å². The van der Waals surface area contributed by atoms with Crippen molar-refractivity contribution < 1.29 is 9.90 Å². The fraction of sp³-hybridized carbons (Fsp3) is 0.923. The van der Waals surface area contributed by atoms with Crippen molar-refractivity contribution in [1.82, 2.24) is 4.90 Å². The van der Waals surface area contributed by atoms with Crippen LogP contribution in [0.3, 0.4) is 0 Å². The summed E-state index contributed by atoms with van der Waals surface area (Å²) >= 11 is 0. The predicted octanol–water partition coefficient (Wildman–Crippen LogP) is 2.75. The Bertz CT molecular complexity index is 200. The van der Waals surface area contributed by atoms with E-state index in [0.717, 1.165) is 32.0 Å². The maximum atomic E-state index is 10.6. The Balaban J connectivity index is 2.27. The molecule has 0 aromatic rings. The molecule has 1 aliphatic rings. The van der Waals surface area contributed by atoms with E-state index in [0.29, 0.717) is 0 Å². The third kappa shape index (κ3) is 5.50. The van der Waals surface area contributed by atoms with Gasteiger partial charge in [0.15, 0.2) is 0 Å². The zero-order valence-electron chi connectivity index (χ0n) is 10.5. The highest BCUT2D eigenvalue weighted by atomic mass is 16.4. The SMILES string of the molecule is CCCN(CCC(=O)O)CC1CCCCC1. The minimum atomic E-state index is -0.676. The first-order valence-electron chi connectivity index (χ1n) is 6.66. The fourth-order valence-corrected chi connectivity index (χ4v) is 2.60. The van der Waals surface area contributed by atoms with E-state index < -0.39 is 5.97 Å². The molecule has 0 bridgehead atoms. The van der Waals surface area contributed by atoms with Crippen LogP contribution in [0, 0.1) is 5.92 Å². The average Bonchev–Trinajstić information content (AvgIpc) is 2.27. The summed E-state index contributed by atoms with van der Waals surface area (Å²) in [7, 11) is 0. The first-order valence-corrected chi connectivity index (χ1v) is 6.66. The molecule has 0 aromatic carbocycles. The molecule has 0 unspecified atom stereocenters. The van der Waals surface area contributed by atoms with Crippen LogP contribution in [0.15, 0.2) is 0 Å². The maximum absolute atomic E-state index is 10.6. The van der Waals surface area contributed by atoms with E-state index in [1.807, 2.05) is 0 Å². The number of carbonyl (C=O) groups is 1.